The number of aliphatic hydroxyl groups is 1. The van der Waals surface area contributed by atoms with Gasteiger partial charge in [-0.2, -0.15) is 0 Å². The Labute approximate surface area is 115 Å². The lowest BCUT2D eigenvalue weighted by molar-refractivity contribution is 0.0569. The monoisotopic (exact) mass is 282 g/mol. The Kier molecular flexibility index (Phi) is 3.88. The van der Waals surface area contributed by atoms with Gasteiger partial charge < -0.3 is 5.11 Å². The molecule has 2 aromatic carbocycles. The van der Waals surface area contributed by atoms with Gasteiger partial charge in [-0.1, -0.05) is 29.8 Å². The van der Waals surface area contributed by atoms with E-state index in [-0.39, 0.29) is 12.0 Å². The summed E-state index contributed by atoms with van der Waals surface area (Å²) in [5, 5.41) is 10.9. The van der Waals surface area contributed by atoms with E-state index in [1.54, 1.807) is 24.3 Å². The molecule has 2 rings (SSSR count). The molecule has 0 aliphatic heterocycles. The molecule has 2 aromatic rings. The Bertz CT molecular complexity index is 576. The summed E-state index contributed by atoms with van der Waals surface area (Å²) in [4.78, 5) is 0. The quantitative estimate of drug-likeness (QED) is 0.900. The molecule has 0 saturated carbocycles. The zero-order valence-electron chi connectivity index (χ0n) is 10.3. The lowest BCUT2D eigenvalue weighted by Gasteiger charge is -2.24. The van der Waals surface area contributed by atoms with E-state index in [2.05, 4.69) is 0 Å². The first-order chi connectivity index (χ1) is 8.88. The third-order valence-electron chi connectivity index (χ3n) is 2.98. The van der Waals surface area contributed by atoms with Gasteiger partial charge >= 0.3 is 0 Å². The number of benzene rings is 2. The van der Waals surface area contributed by atoms with Crippen LogP contribution in [-0.2, 0) is 12.0 Å². The Morgan fingerprint density at radius 3 is 2.26 bits per heavy atom. The van der Waals surface area contributed by atoms with Gasteiger partial charge in [-0.15, -0.1) is 0 Å². The molecule has 0 saturated heterocycles. The highest BCUT2D eigenvalue weighted by molar-refractivity contribution is 6.31. The van der Waals surface area contributed by atoms with Crippen molar-refractivity contribution in [1.82, 2.24) is 0 Å². The molecule has 0 fully saturated rings. The van der Waals surface area contributed by atoms with Crippen molar-refractivity contribution in [2.24, 2.45) is 0 Å². The molecule has 1 N–H and O–H groups in total. The first kappa shape index (κ1) is 14.0. The summed E-state index contributed by atoms with van der Waals surface area (Å²) in [6.45, 7) is 1.50. The van der Waals surface area contributed by atoms with Crippen LogP contribution in [0.3, 0.4) is 0 Å². The molecule has 19 heavy (non-hydrogen) atoms. The zero-order chi connectivity index (χ0) is 14.0. The third-order valence-corrected chi connectivity index (χ3v) is 3.35. The van der Waals surface area contributed by atoms with Gasteiger partial charge in [0, 0.05) is 17.5 Å². The smallest absolute Gasteiger partial charge is 0.126 e. The van der Waals surface area contributed by atoms with Crippen LogP contribution < -0.4 is 0 Å². The van der Waals surface area contributed by atoms with Crippen LogP contribution in [0.1, 0.15) is 18.1 Å². The van der Waals surface area contributed by atoms with Crippen LogP contribution in [0.4, 0.5) is 8.78 Å². The van der Waals surface area contributed by atoms with Crippen LogP contribution in [0.25, 0.3) is 0 Å². The minimum absolute atomic E-state index is 0.176. The van der Waals surface area contributed by atoms with Gasteiger partial charge in [0.05, 0.1) is 5.60 Å². The van der Waals surface area contributed by atoms with E-state index < -0.39 is 17.2 Å². The van der Waals surface area contributed by atoms with E-state index >= 15 is 0 Å². The summed E-state index contributed by atoms with van der Waals surface area (Å²) in [6.07, 6.45) is 0.176. The van der Waals surface area contributed by atoms with E-state index in [9.17, 15) is 13.9 Å². The van der Waals surface area contributed by atoms with Crippen molar-refractivity contribution in [2.45, 2.75) is 18.9 Å². The van der Waals surface area contributed by atoms with Crippen LogP contribution in [0.2, 0.25) is 5.02 Å². The van der Waals surface area contributed by atoms with Gasteiger partial charge in [-0.3, -0.25) is 0 Å². The molecule has 0 spiro atoms. The van der Waals surface area contributed by atoms with E-state index in [1.165, 1.54) is 6.92 Å². The Balaban J connectivity index is 2.34. The molecular formula is C15H13ClF2O. The van der Waals surface area contributed by atoms with Crippen LogP contribution in [0.5, 0.6) is 0 Å². The molecule has 0 radical (unpaired) electrons. The molecule has 1 nitrogen and oxygen atoms in total. The second-order valence-electron chi connectivity index (χ2n) is 4.70. The molecule has 1 atom stereocenters. The van der Waals surface area contributed by atoms with Crippen molar-refractivity contribution in [2.75, 3.05) is 0 Å². The highest BCUT2D eigenvalue weighted by Gasteiger charge is 2.25. The molecule has 0 aromatic heterocycles. The molecule has 100 valence electrons. The van der Waals surface area contributed by atoms with Crippen molar-refractivity contribution in [1.29, 1.82) is 0 Å². The van der Waals surface area contributed by atoms with Crippen molar-refractivity contribution >= 4 is 11.6 Å². The average molecular weight is 283 g/mol. The van der Waals surface area contributed by atoms with E-state index in [4.69, 9.17) is 11.6 Å². The molecule has 0 amide bonds. The standard InChI is InChI=1S/C15H13ClF2O/c1-15(19,9-10-4-2-3-5-14(10)16)11-6-12(17)8-13(18)7-11/h2-8,19H,9H2,1H3. The minimum atomic E-state index is -1.39. The lowest BCUT2D eigenvalue weighted by atomic mass is 9.89. The first-order valence-corrected chi connectivity index (χ1v) is 6.19. The number of hydrogen-bond acceptors (Lipinski definition) is 1. The fraction of sp³-hybridized carbons (Fsp3) is 0.200. The van der Waals surface area contributed by atoms with Crippen molar-refractivity contribution in [3.05, 3.63) is 70.2 Å². The maximum absolute atomic E-state index is 13.2. The van der Waals surface area contributed by atoms with Crippen molar-refractivity contribution in [3.8, 4) is 0 Å². The van der Waals surface area contributed by atoms with Crippen molar-refractivity contribution in [3.63, 3.8) is 0 Å². The number of hydrogen-bond donors (Lipinski definition) is 1. The molecule has 0 bridgehead atoms. The fourth-order valence-electron chi connectivity index (χ4n) is 1.98. The normalized spacial score (nSPS) is 14.2. The summed E-state index contributed by atoms with van der Waals surface area (Å²) in [5.41, 5.74) is -0.489. The van der Waals surface area contributed by atoms with Gasteiger partial charge in [0.2, 0.25) is 0 Å². The summed E-state index contributed by atoms with van der Waals surface area (Å²) >= 11 is 6.02. The molecular weight excluding hydrogens is 270 g/mol. The van der Waals surface area contributed by atoms with Gasteiger partial charge in [0.15, 0.2) is 0 Å². The predicted molar refractivity (Wildman–Crippen MR) is 71.1 cm³/mol. The average Bonchev–Trinajstić information content (AvgIpc) is 2.31. The summed E-state index contributed by atoms with van der Waals surface area (Å²) < 4.78 is 26.4. The zero-order valence-corrected chi connectivity index (χ0v) is 11.1. The maximum atomic E-state index is 13.2. The van der Waals surface area contributed by atoms with Crippen LogP contribution in [0, 0.1) is 11.6 Å². The topological polar surface area (TPSA) is 20.2 Å². The molecule has 1 unspecified atom stereocenters. The van der Waals surface area contributed by atoms with Crippen LogP contribution in [-0.4, -0.2) is 5.11 Å². The predicted octanol–water partition coefficient (Wildman–Crippen LogP) is 4.07. The van der Waals surface area contributed by atoms with Crippen LogP contribution >= 0.6 is 11.6 Å². The Morgan fingerprint density at radius 2 is 1.68 bits per heavy atom. The van der Waals surface area contributed by atoms with Gasteiger partial charge in [-0.25, -0.2) is 8.78 Å². The molecule has 4 heteroatoms. The summed E-state index contributed by atoms with van der Waals surface area (Å²) in [6, 6.07) is 10.1. The largest absolute Gasteiger partial charge is 0.385 e. The summed E-state index contributed by atoms with van der Waals surface area (Å²) in [7, 11) is 0. The molecule has 0 aliphatic rings. The highest BCUT2D eigenvalue weighted by atomic mass is 35.5. The van der Waals surface area contributed by atoms with Gasteiger partial charge in [0.25, 0.3) is 0 Å². The summed E-state index contributed by atoms with van der Waals surface area (Å²) in [5.74, 6) is -1.43. The highest BCUT2D eigenvalue weighted by Crippen LogP contribution is 2.29. The maximum Gasteiger partial charge on any atom is 0.126 e. The number of rotatable bonds is 3. The second-order valence-corrected chi connectivity index (χ2v) is 5.11. The van der Waals surface area contributed by atoms with Gasteiger partial charge in [0.1, 0.15) is 11.6 Å². The van der Waals surface area contributed by atoms with E-state index in [0.29, 0.717) is 5.02 Å². The Hall–Kier alpha value is -1.45. The lowest BCUT2D eigenvalue weighted by Crippen LogP contribution is -2.24. The van der Waals surface area contributed by atoms with Gasteiger partial charge in [-0.05, 0) is 36.2 Å². The molecule has 0 heterocycles. The van der Waals surface area contributed by atoms with Crippen molar-refractivity contribution < 1.29 is 13.9 Å². The SMILES string of the molecule is CC(O)(Cc1ccccc1Cl)c1cc(F)cc(F)c1. The van der Waals surface area contributed by atoms with E-state index in [0.717, 1.165) is 23.8 Å². The minimum Gasteiger partial charge on any atom is -0.385 e. The Morgan fingerprint density at radius 1 is 1.11 bits per heavy atom. The molecule has 0 aliphatic carbocycles. The van der Waals surface area contributed by atoms with Crippen LogP contribution in [0.15, 0.2) is 42.5 Å². The second kappa shape index (κ2) is 5.27. The fourth-order valence-corrected chi connectivity index (χ4v) is 2.18. The van der Waals surface area contributed by atoms with E-state index in [1.807, 2.05) is 0 Å². The first-order valence-electron chi connectivity index (χ1n) is 5.81. The number of halogens is 3. The third kappa shape index (κ3) is 3.31.